The summed E-state index contributed by atoms with van der Waals surface area (Å²) >= 11 is 0. The lowest BCUT2D eigenvalue weighted by Gasteiger charge is -2.06. The molecule has 2 N–H and O–H groups in total. The SMILES string of the molecule is O=C(NCCc1ccccc1)OCCCC#CC#CCCCOC(=O)NCCc1ccccc1. The molecule has 2 amide bonds. The van der Waals surface area contributed by atoms with Gasteiger partial charge < -0.3 is 20.1 Å². The average molecular weight is 461 g/mol. The molecular formula is C28H32N2O4. The molecule has 0 atom stereocenters. The Hall–Kier alpha value is -3.90. The van der Waals surface area contributed by atoms with Crippen LogP contribution in [0, 0.1) is 23.7 Å². The Balaban J connectivity index is 1.39. The molecule has 0 saturated carbocycles. The predicted octanol–water partition coefficient (Wildman–Crippen LogP) is 4.49. The van der Waals surface area contributed by atoms with Crippen molar-refractivity contribution in [2.45, 2.75) is 38.5 Å². The molecule has 6 nitrogen and oxygen atoms in total. The van der Waals surface area contributed by atoms with Gasteiger partial charge in [-0.3, -0.25) is 0 Å². The molecule has 178 valence electrons. The van der Waals surface area contributed by atoms with Crippen molar-refractivity contribution >= 4 is 12.2 Å². The number of rotatable bonds is 12. The van der Waals surface area contributed by atoms with Crippen molar-refractivity contribution in [1.82, 2.24) is 10.6 Å². The van der Waals surface area contributed by atoms with Crippen LogP contribution in [0.5, 0.6) is 0 Å². The monoisotopic (exact) mass is 460 g/mol. The third-order valence-electron chi connectivity index (χ3n) is 4.65. The van der Waals surface area contributed by atoms with Gasteiger partial charge in [-0.05, 0) is 48.7 Å². The summed E-state index contributed by atoms with van der Waals surface area (Å²) in [5.41, 5.74) is 2.35. The highest BCUT2D eigenvalue weighted by molar-refractivity contribution is 5.67. The number of alkyl carbamates (subject to hydrolysis) is 2. The Kier molecular flexibility index (Phi) is 13.7. The lowest BCUT2D eigenvalue weighted by molar-refractivity contribution is 0.144. The molecule has 6 heteroatoms. The van der Waals surface area contributed by atoms with Gasteiger partial charge >= 0.3 is 12.2 Å². The van der Waals surface area contributed by atoms with Crippen LogP contribution in [0.1, 0.15) is 36.8 Å². The fourth-order valence-corrected chi connectivity index (χ4v) is 2.87. The van der Waals surface area contributed by atoms with Crippen molar-refractivity contribution in [3.05, 3.63) is 71.8 Å². The highest BCUT2D eigenvalue weighted by Gasteiger charge is 2.01. The van der Waals surface area contributed by atoms with Gasteiger partial charge in [0.15, 0.2) is 0 Å². The third kappa shape index (κ3) is 13.5. The smallest absolute Gasteiger partial charge is 0.407 e. The van der Waals surface area contributed by atoms with E-state index >= 15 is 0 Å². The van der Waals surface area contributed by atoms with E-state index < -0.39 is 12.2 Å². The Morgan fingerprint density at radius 3 is 1.47 bits per heavy atom. The van der Waals surface area contributed by atoms with Gasteiger partial charge in [0.25, 0.3) is 0 Å². The van der Waals surface area contributed by atoms with E-state index in [1.165, 1.54) is 11.1 Å². The number of nitrogens with one attached hydrogen (secondary N) is 2. The van der Waals surface area contributed by atoms with Gasteiger partial charge in [-0.2, -0.15) is 0 Å². The molecule has 2 rings (SSSR count). The fourth-order valence-electron chi connectivity index (χ4n) is 2.87. The summed E-state index contributed by atoms with van der Waals surface area (Å²) < 4.78 is 10.2. The second-order valence-electron chi connectivity index (χ2n) is 7.41. The Morgan fingerprint density at radius 2 is 1.06 bits per heavy atom. The zero-order valence-electron chi connectivity index (χ0n) is 19.5. The van der Waals surface area contributed by atoms with Crippen LogP contribution in [0.15, 0.2) is 60.7 Å². The van der Waals surface area contributed by atoms with Crippen molar-refractivity contribution in [1.29, 1.82) is 0 Å². The Bertz CT molecular complexity index is 888. The van der Waals surface area contributed by atoms with Crippen molar-refractivity contribution in [3.8, 4) is 23.7 Å². The van der Waals surface area contributed by atoms with E-state index in [4.69, 9.17) is 9.47 Å². The summed E-state index contributed by atoms with van der Waals surface area (Å²) in [6.45, 7) is 1.73. The molecule has 2 aromatic carbocycles. The molecule has 0 bridgehead atoms. The van der Waals surface area contributed by atoms with Gasteiger partial charge in [-0.1, -0.05) is 72.5 Å². The van der Waals surface area contributed by atoms with Gasteiger partial charge in [0.2, 0.25) is 0 Å². The lowest BCUT2D eigenvalue weighted by atomic mass is 10.1. The lowest BCUT2D eigenvalue weighted by Crippen LogP contribution is -2.26. The van der Waals surface area contributed by atoms with Gasteiger partial charge in [0, 0.05) is 25.9 Å². The van der Waals surface area contributed by atoms with Gasteiger partial charge in [0.05, 0.1) is 13.2 Å². The zero-order chi connectivity index (χ0) is 24.1. The number of hydrogen-bond donors (Lipinski definition) is 2. The molecule has 0 aromatic heterocycles. The van der Waals surface area contributed by atoms with Gasteiger partial charge in [-0.25, -0.2) is 9.59 Å². The van der Waals surface area contributed by atoms with Crippen LogP contribution in [0.3, 0.4) is 0 Å². The highest BCUT2D eigenvalue weighted by Crippen LogP contribution is 1.99. The van der Waals surface area contributed by atoms with E-state index in [-0.39, 0.29) is 0 Å². The first-order chi connectivity index (χ1) is 16.7. The molecule has 2 aromatic rings. The summed E-state index contributed by atoms with van der Waals surface area (Å²) in [5, 5.41) is 5.47. The van der Waals surface area contributed by atoms with Crippen LogP contribution in [-0.4, -0.2) is 38.5 Å². The molecule has 0 aliphatic heterocycles. The van der Waals surface area contributed by atoms with E-state index in [1.807, 2.05) is 60.7 Å². The van der Waals surface area contributed by atoms with Crippen LogP contribution in [-0.2, 0) is 22.3 Å². The van der Waals surface area contributed by atoms with E-state index in [9.17, 15) is 9.59 Å². The van der Waals surface area contributed by atoms with Crippen LogP contribution in [0.4, 0.5) is 9.59 Å². The topological polar surface area (TPSA) is 76.7 Å². The fraction of sp³-hybridized carbons (Fsp3) is 0.357. The van der Waals surface area contributed by atoms with Crippen LogP contribution >= 0.6 is 0 Å². The summed E-state index contributed by atoms with van der Waals surface area (Å²) in [7, 11) is 0. The molecule has 0 spiro atoms. The number of ether oxygens (including phenoxy) is 2. The minimum atomic E-state index is -0.407. The summed E-state index contributed by atoms with van der Waals surface area (Å²) in [5.74, 6) is 11.4. The molecule has 0 aliphatic carbocycles. The summed E-state index contributed by atoms with van der Waals surface area (Å²) in [4.78, 5) is 23.2. The first-order valence-corrected chi connectivity index (χ1v) is 11.6. The van der Waals surface area contributed by atoms with E-state index in [1.54, 1.807) is 0 Å². The minimum absolute atomic E-state index is 0.323. The van der Waals surface area contributed by atoms with Gasteiger partial charge in [-0.15, -0.1) is 0 Å². The Labute approximate surface area is 202 Å². The second-order valence-corrected chi connectivity index (χ2v) is 7.41. The molecule has 34 heavy (non-hydrogen) atoms. The number of benzene rings is 2. The molecule has 0 heterocycles. The third-order valence-corrected chi connectivity index (χ3v) is 4.65. The van der Waals surface area contributed by atoms with E-state index in [2.05, 4.69) is 34.3 Å². The molecule has 0 unspecified atom stereocenters. The number of carbonyl (C=O) groups excluding carboxylic acids is 2. The maximum atomic E-state index is 11.6. The molecule has 0 fully saturated rings. The van der Waals surface area contributed by atoms with Crippen molar-refractivity contribution in [3.63, 3.8) is 0 Å². The highest BCUT2D eigenvalue weighted by atomic mass is 16.6. The number of unbranched alkanes of at least 4 members (excludes halogenated alkanes) is 2. The second kappa shape index (κ2) is 17.6. The van der Waals surface area contributed by atoms with Crippen LogP contribution in [0.2, 0.25) is 0 Å². The number of carbonyl (C=O) groups is 2. The zero-order valence-corrected chi connectivity index (χ0v) is 19.5. The van der Waals surface area contributed by atoms with Crippen molar-refractivity contribution < 1.29 is 19.1 Å². The standard InChI is InChI=1S/C28H32N2O4/c31-27(29-21-19-25-15-9-7-10-16-25)33-23-13-5-3-1-2-4-6-14-24-34-28(32)30-22-20-26-17-11-8-12-18-26/h7-12,15-18H,5-6,13-14,19-24H2,(H,29,31)(H,30,32). The largest absolute Gasteiger partial charge is 0.450 e. The number of hydrogen-bond acceptors (Lipinski definition) is 4. The number of amides is 2. The van der Waals surface area contributed by atoms with Crippen LogP contribution < -0.4 is 10.6 Å². The van der Waals surface area contributed by atoms with Gasteiger partial charge in [0.1, 0.15) is 0 Å². The summed E-state index contributed by atoms with van der Waals surface area (Å²) in [6, 6.07) is 19.9. The first kappa shape index (κ1) is 26.4. The molecule has 0 aliphatic rings. The Morgan fingerprint density at radius 1 is 0.647 bits per heavy atom. The average Bonchev–Trinajstić information content (AvgIpc) is 2.86. The first-order valence-electron chi connectivity index (χ1n) is 11.6. The maximum Gasteiger partial charge on any atom is 0.407 e. The quantitative estimate of drug-likeness (QED) is 0.361. The van der Waals surface area contributed by atoms with Crippen molar-refractivity contribution in [2.75, 3.05) is 26.3 Å². The van der Waals surface area contributed by atoms with E-state index in [0.717, 1.165) is 12.8 Å². The molecular weight excluding hydrogens is 428 g/mol. The molecule has 0 saturated heterocycles. The molecule has 0 radical (unpaired) electrons. The normalized spacial score (nSPS) is 9.53. The minimum Gasteiger partial charge on any atom is -0.450 e. The maximum absolute atomic E-state index is 11.6. The van der Waals surface area contributed by atoms with Crippen molar-refractivity contribution in [2.24, 2.45) is 0 Å². The predicted molar refractivity (Wildman–Crippen MR) is 133 cm³/mol. The van der Waals surface area contributed by atoms with Crippen LogP contribution in [0.25, 0.3) is 0 Å². The summed E-state index contributed by atoms with van der Waals surface area (Å²) in [6.07, 6.45) is 3.27. The van der Waals surface area contributed by atoms with E-state index in [0.29, 0.717) is 52.0 Å².